The number of amides is 1. The van der Waals surface area contributed by atoms with Crippen molar-refractivity contribution in [2.24, 2.45) is 0 Å². The van der Waals surface area contributed by atoms with Crippen LogP contribution in [-0.4, -0.2) is 48.0 Å². The normalized spacial score (nSPS) is 12.2. The highest BCUT2D eigenvalue weighted by molar-refractivity contribution is 9.10. The van der Waals surface area contributed by atoms with Gasteiger partial charge >= 0.3 is 0 Å². The smallest absolute Gasteiger partial charge is 0.253 e. The van der Waals surface area contributed by atoms with E-state index in [9.17, 15) is 9.90 Å². The zero-order valence-electron chi connectivity index (χ0n) is 10.2. The second-order valence-electron chi connectivity index (χ2n) is 3.90. The van der Waals surface area contributed by atoms with Crippen LogP contribution in [0.5, 0.6) is 5.75 Å². The molecule has 0 aliphatic heterocycles. The van der Waals surface area contributed by atoms with Crippen molar-refractivity contribution in [3.63, 3.8) is 0 Å². The largest absolute Gasteiger partial charge is 0.507 e. The van der Waals surface area contributed by atoms with Crippen molar-refractivity contribution in [3.05, 3.63) is 28.2 Å². The van der Waals surface area contributed by atoms with Gasteiger partial charge in [-0.2, -0.15) is 0 Å². The van der Waals surface area contributed by atoms with E-state index in [1.165, 1.54) is 6.07 Å². The molecule has 1 rings (SSSR count). The average molecular weight is 381 g/mol. The molecule has 0 aliphatic carbocycles. The molecule has 1 aromatic carbocycles. The maximum atomic E-state index is 12.1. The lowest BCUT2D eigenvalue weighted by molar-refractivity contribution is 0.0783. The lowest BCUT2D eigenvalue weighted by Gasteiger charge is -2.20. The standard InChI is InChI=1S/C12H15Br2NO3/c1-15(6-9(13)7-18-2)12(17)8-3-4-10(14)11(16)5-8/h3-5,9,16H,6-7H2,1-2H3. The highest BCUT2D eigenvalue weighted by atomic mass is 79.9. The third-order valence-corrected chi connectivity index (χ3v) is 3.58. The predicted molar refractivity (Wildman–Crippen MR) is 77.4 cm³/mol. The van der Waals surface area contributed by atoms with Crippen LogP contribution in [0.15, 0.2) is 22.7 Å². The van der Waals surface area contributed by atoms with Gasteiger partial charge in [0, 0.05) is 26.3 Å². The van der Waals surface area contributed by atoms with E-state index in [-0.39, 0.29) is 16.5 Å². The number of rotatable bonds is 5. The van der Waals surface area contributed by atoms with E-state index in [0.717, 1.165) is 0 Å². The Labute approximate surface area is 123 Å². The van der Waals surface area contributed by atoms with Gasteiger partial charge in [0.25, 0.3) is 5.91 Å². The van der Waals surface area contributed by atoms with Gasteiger partial charge in [-0.05, 0) is 34.1 Å². The highest BCUT2D eigenvalue weighted by Crippen LogP contribution is 2.24. The summed E-state index contributed by atoms with van der Waals surface area (Å²) in [4.78, 5) is 13.8. The number of carbonyl (C=O) groups is 1. The Morgan fingerprint density at radius 1 is 1.56 bits per heavy atom. The third-order valence-electron chi connectivity index (χ3n) is 2.36. The van der Waals surface area contributed by atoms with Crippen molar-refractivity contribution in [2.45, 2.75) is 4.83 Å². The lowest BCUT2D eigenvalue weighted by Crippen LogP contribution is -2.33. The zero-order chi connectivity index (χ0) is 13.7. The Morgan fingerprint density at radius 2 is 2.22 bits per heavy atom. The molecule has 0 saturated carbocycles. The number of methoxy groups -OCH3 is 1. The molecule has 1 N–H and O–H groups in total. The lowest BCUT2D eigenvalue weighted by atomic mass is 10.2. The number of ether oxygens (including phenoxy) is 1. The fourth-order valence-corrected chi connectivity index (χ4v) is 2.43. The minimum absolute atomic E-state index is 0.0570. The van der Waals surface area contributed by atoms with Crippen molar-refractivity contribution >= 4 is 37.8 Å². The van der Waals surface area contributed by atoms with Crippen LogP contribution in [0.25, 0.3) is 0 Å². The Morgan fingerprint density at radius 3 is 2.78 bits per heavy atom. The van der Waals surface area contributed by atoms with E-state index in [2.05, 4.69) is 31.9 Å². The first-order chi connectivity index (χ1) is 8.45. The molecule has 0 bridgehead atoms. The molecule has 100 valence electrons. The minimum atomic E-state index is -0.140. The predicted octanol–water partition coefficient (Wildman–Crippen LogP) is 2.64. The summed E-state index contributed by atoms with van der Waals surface area (Å²) in [6.45, 7) is 1.06. The van der Waals surface area contributed by atoms with Crippen molar-refractivity contribution in [3.8, 4) is 5.75 Å². The summed E-state index contributed by atoms with van der Waals surface area (Å²) >= 11 is 6.61. The fourth-order valence-electron chi connectivity index (χ4n) is 1.48. The molecule has 0 spiro atoms. The summed E-state index contributed by atoms with van der Waals surface area (Å²) in [5, 5.41) is 9.55. The molecule has 0 radical (unpaired) electrons. The monoisotopic (exact) mass is 379 g/mol. The number of phenols is 1. The number of hydrogen-bond donors (Lipinski definition) is 1. The molecule has 0 fully saturated rings. The number of carbonyl (C=O) groups excluding carboxylic acids is 1. The van der Waals surface area contributed by atoms with Crippen LogP contribution in [0.3, 0.4) is 0 Å². The molecule has 1 aromatic rings. The maximum Gasteiger partial charge on any atom is 0.253 e. The van der Waals surface area contributed by atoms with Gasteiger partial charge < -0.3 is 14.7 Å². The van der Waals surface area contributed by atoms with Crippen molar-refractivity contribution in [1.29, 1.82) is 0 Å². The molecule has 0 heterocycles. The number of phenolic OH excluding ortho intramolecular Hbond substituents is 1. The molecule has 6 heteroatoms. The topological polar surface area (TPSA) is 49.8 Å². The van der Waals surface area contributed by atoms with Gasteiger partial charge in [0.1, 0.15) is 5.75 Å². The van der Waals surface area contributed by atoms with Gasteiger partial charge in [0.05, 0.1) is 15.9 Å². The number of hydrogen-bond acceptors (Lipinski definition) is 3. The van der Waals surface area contributed by atoms with E-state index < -0.39 is 0 Å². The van der Waals surface area contributed by atoms with Crippen LogP contribution in [-0.2, 0) is 4.74 Å². The number of aromatic hydroxyl groups is 1. The van der Waals surface area contributed by atoms with Crippen LogP contribution in [0.2, 0.25) is 0 Å². The summed E-state index contributed by atoms with van der Waals surface area (Å²) in [6.07, 6.45) is 0. The number of halogens is 2. The molecular formula is C12H15Br2NO3. The quantitative estimate of drug-likeness (QED) is 0.799. The first kappa shape index (κ1) is 15.5. The molecule has 4 nitrogen and oxygen atoms in total. The van der Waals surface area contributed by atoms with Gasteiger partial charge in [-0.3, -0.25) is 4.79 Å². The number of benzene rings is 1. The molecule has 0 aromatic heterocycles. The summed E-state index contributed by atoms with van der Waals surface area (Å²) in [6, 6.07) is 4.77. The van der Waals surface area contributed by atoms with Crippen LogP contribution >= 0.6 is 31.9 Å². The van der Waals surface area contributed by atoms with E-state index in [0.29, 0.717) is 23.2 Å². The van der Waals surface area contributed by atoms with Gasteiger partial charge in [-0.25, -0.2) is 0 Å². The van der Waals surface area contributed by atoms with Crippen LogP contribution in [0.4, 0.5) is 0 Å². The summed E-state index contributed by atoms with van der Waals surface area (Å²) in [5.74, 6) is -0.0834. The first-order valence-electron chi connectivity index (χ1n) is 5.32. The Balaban J connectivity index is 2.71. The van der Waals surface area contributed by atoms with Gasteiger partial charge in [-0.1, -0.05) is 15.9 Å². The SMILES string of the molecule is COCC(Br)CN(C)C(=O)c1ccc(Br)c(O)c1. The summed E-state index contributed by atoms with van der Waals surface area (Å²) in [5.41, 5.74) is 0.454. The molecule has 0 saturated heterocycles. The van der Waals surface area contributed by atoms with Crippen molar-refractivity contribution in [2.75, 3.05) is 27.3 Å². The summed E-state index contributed by atoms with van der Waals surface area (Å²) < 4.78 is 5.56. The van der Waals surface area contributed by atoms with E-state index in [1.54, 1.807) is 31.2 Å². The Bertz CT molecular complexity index is 426. The van der Waals surface area contributed by atoms with E-state index in [1.807, 2.05) is 0 Å². The average Bonchev–Trinajstić information content (AvgIpc) is 2.32. The van der Waals surface area contributed by atoms with Gasteiger partial charge in [0.15, 0.2) is 0 Å². The molecular weight excluding hydrogens is 366 g/mol. The molecule has 1 unspecified atom stereocenters. The maximum absolute atomic E-state index is 12.1. The minimum Gasteiger partial charge on any atom is -0.507 e. The van der Waals surface area contributed by atoms with Gasteiger partial charge in [-0.15, -0.1) is 0 Å². The molecule has 1 amide bonds. The molecule has 1 atom stereocenters. The third kappa shape index (κ3) is 4.26. The van der Waals surface area contributed by atoms with E-state index >= 15 is 0 Å². The van der Waals surface area contributed by atoms with Crippen LogP contribution < -0.4 is 0 Å². The first-order valence-corrected chi connectivity index (χ1v) is 7.03. The Hall–Kier alpha value is -0.590. The van der Waals surface area contributed by atoms with Crippen LogP contribution in [0.1, 0.15) is 10.4 Å². The Kier molecular flexibility index (Phi) is 6.11. The van der Waals surface area contributed by atoms with Crippen molar-refractivity contribution < 1.29 is 14.6 Å². The number of nitrogens with zero attached hydrogens (tertiary/aromatic N) is 1. The fraction of sp³-hybridized carbons (Fsp3) is 0.417. The van der Waals surface area contributed by atoms with Crippen LogP contribution in [0, 0.1) is 0 Å². The highest BCUT2D eigenvalue weighted by Gasteiger charge is 2.16. The number of alkyl halides is 1. The molecule has 0 aliphatic rings. The van der Waals surface area contributed by atoms with E-state index in [4.69, 9.17) is 4.74 Å². The zero-order valence-corrected chi connectivity index (χ0v) is 13.4. The summed E-state index contributed by atoms with van der Waals surface area (Å²) in [7, 11) is 3.33. The second-order valence-corrected chi connectivity index (χ2v) is 6.05. The van der Waals surface area contributed by atoms with Gasteiger partial charge in [0.2, 0.25) is 0 Å². The second kappa shape index (κ2) is 7.11. The van der Waals surface area contributed by atoms with Crippen molar-refractivity contribution in [1.82, 2.24) is 4.90 Å². The molecule has 18 heavy (non-hydrogen) atoms.